The van der Waals surface area contributed by atoms with Gasteiger partial charge in [-0.2, -0.15) is 0 Å². The number of ether oxygens (including phenoxy) is 1. The number of benzene rings is 5. The predicted molar refractivity (Wildman–Crippen MR) is 193 cm³/mol. The highest BCUT2D eigenvalue weighted by molar-refractivity contribution is 7.92. The van der Waals surface area contributed by atoms with Crippen LogP contribution in [0.15, 0.2) is 144 Å². The molecular formula is C40H41N3O5S. The zero-order valence-electron chi connectivity index (χ0n) is 27.7. The van der Waals surface area contributed by atoms with E-state index in [1.165, 1.54) is 17.0 Å². The topological polar surface area (TPSA) is 96.0 Å². The number of para-hydroxylation sites is 1. The first-order chi connectivity index (χ1) is 23.7. The second kappa shape index (κ2) is 16.6. The molecule has 5 aromatic rings. The van der Waals surface area contributed by atoms with E-state index in [1.54, 1.807) is 42.5 Å². The number of hydrogen-bond acceptors (Lipinski definition) is 5. The molecule has 0 fully saturated rings. The zero-order chi connectivity index (χ0) is 34.6. The third kappa shape index (κ3) is 9.36. The normalized spacial score (nSPS) is 11.7. The first-order valence-electron chi connectivity index (χ1n) is 16.3. The van der Waals surface area contributed by atoms with Gasteiger partial charge in [0.05, 0.1) is 10.6 Å². The predicted octanol–water partition coefficient (Wildman–Crippen LogP) is 7.15. The molecule has 49 heavy (non-hydrogen) atoms. The van der Waals surface area contributed by atoms with Crippen molar-refractivity contribution in [1.82, 2.24) is 10.2 Å². The molecule has 0 saturated heterocycles. The van der Waals surface area contributed by atoms with Crippen molar-refractivity contribution >= 4 is 27.5 Å². The van der Waals surface area contributed by atoms with E-state index in [-0.39, 0.29) is 29.5 Å². The van der Waals surface area contributed by atoms with Crippen molar-refractivity contribution in [3.8, 4) is 11.5 Å². The summed E-state index contributed by atoms with van der Waals surface area (Å²) >= 11 is 0. The minimum Gasteiger partial charge on any atom is -0.457 e. The Morgan fingerprint density at radius 3 is 1.96 bits per heavy atom. The molecule has 0 aliphatic heterocycles. The van der Waals surface area contributed by atoms with Gasteiger partial charge in [-0.25, -0.2) is 8.42 Å². The number of aryl methyl sites for hydroxylation is 1. The summed E-state index contributed by atoms with van der Waals surface area (Å²) in [6.45, 7) is 3.95. The van der Waals surface area contributed by atoms with Crippen molar-refractivity contribution < 1.29 is 22.7 Å². The minimum atomic E-state index is -4.21. The SMILES string of the molecule is CCCNC(=O)C(Cc1ccccc1)N(Cc1cccc(C)c1)C(=O)CN(c1ccc(Oc2ccccc2)cc1)S(=O)(=O)c1ccccc1. The molecule has 0 aliphatic rings. The smallest absolute Gasteiger partial charge is 0.264 e. The lowest BCUT2D eigenvalue weighted by molar-refractivity contribution is -0.140. The van der Waals surface area contributed by atoms with Crippen LogP contribution >= 0.6 is 0 Å². The number of amides is 2. The fourth-order valence-electron chi connectivity index (χ4n) is 5.48. The molecule has 0 spiro atoms. The van der Waals surface area contributed by atoms with Crippen LogP contribution in [0.3, 0.4) is 0 Å². The van der Waals surface area contributed by atoms with Crippen LogP contribution in [0.1, 0.15) is 30.0 Å². The van der Waals surface area contributed by atoms with Crippen LogP contribution in [-0.2, 0) is 32.6 Å². The highest BCUT2D eigenvalue weighted by Gasteiger charge is 2.34. The van der Waals surface area contributed by atoms with Crippen molar-refractivity contribution in [1.29, 1.82) is 0 Å². The van der Waals surface area contributed by atoms with Crippen LogP contribution in [0.25, 0.3) is 0 Å². The van der Waals surface area contributed by atoms with Crippen LogP contribution in [0, 0.1) is 6.92 Å². The summed E-state index contributed by atoms with van der Waals surface area (Å²) in [5.74, 6) is 0.330. The monoisotopic (exact) mass is 675 g/mol. The van der Waals surface area contributed by atoms with Crippen molar-refractivity contribution in [3.63, 3.8) is 0 Å². The number of hydrogen-bond donors (Lipinski definition) is 1. The van der Waals surface area contributed by atoms with E-state index in [2.05, 4.69) is 5.32 Å². The van der Waals surface area contributed by atoms with Gasteiger partial charge in [-0.1, -0.05) is 103 Å². The van der Waals surface area contributed by atoms with Gasteiger partial charge in [0.25, 0.3) is 10.0 Å². The Kier molecular flexibility index (Phi) is 11.8. The van der Waals surface area contributed by atoms with Crippen LogP contribution in [-0.4, -0.2) is 44.3 Å². The van der Waals surface area contributed by atoms with Crippen molar-refractivity contribution in [3.05, 3.63) is 156 Å². The Labute approximate surface area is 289 Å². The molecule has 0 heterocycles. The van der Waals surface area contributed by atoms with Crippen LogP contribution in [0.5, 0.6) is 11.5 Å². The lowest BCUT2D eigenvalue weighted by Crippen LogP contribution is -2.53. The average molecular weight is 676 g/mol. The molecule has 0 aliphatic carbocycles. The molecule has 0 radical (unpaired) electrons. The van der Waals surface area contributed by atoms with Gasteiger partial charge in [0, 0.05) is 19.5 Å². The van der Waals surface area contributed by atoms with Gasteiger partial charge in [-0.15, -0.1) is 0 Å². The van der Waals surface area contributed by atoms with E-state index in [0.29, 0.717) is 18.0 Å². The van der Waals surface area contributed by atoms with E-state index >= 15 is 0 Å². The Morgan fingerprint density at radius 1 is 0.735 bits per heavy atom. The van der Waals surface area contributed by atoms with Gasteiger partial charge >= 0.3 is 0 Å². The van der Waals surface area contributed by atoms with Gasteiger partial charge in [0.2, 0.25) is 11.8 Å². The first-order valence-corrected chi connectivity index (χ1v) is 17.8. The Balaban J connectivity index is 1.54. The van der Waals surface area contributed by atoms with Crippen molar-refractivity contribution in [2.45, 2.75) is 44.2 Å². The molecule has 1 unspecified atom stereocenters. The second-order valence-corrected chi connectivity index (χ2v) is 13.6. The Bertz CT molecular complexity index is 1920. The zero-order valence-corrected chi connectivity index (χ0v) is 28.6. The summed E-state index contributed by atoms with van der Waals surface area (Å²) in [6.07, 6.45) is 0.980. The summed E-state index contributed by atoms with van der Waals surface area (Å²) in [4.78, 5) is 30.0. The molecule has 0 aromatic heterocycles. The van der Waals surface area contributed by atoms with E-state index in [0.717, 1.165) is 27.4 Å². The number of rotatable bonds is 15. The van der Waals surface area contributed by atoms with Crippen LogP contribution < -0.4 is 14.4 Å². The molecule has 8 nitrogen and oxygen atoms in total. The van der Waals surface area contributed by atoms with E-state index in [9.17, 15) is 18.0 Å². The highest BCUT2D eigenvalue weighted by atomic mass is 32.2. The second-order valence-electron chi connectivity index (χ2n) is 11.7. The summed E-state index contributed by atoms with van der Waals surface area (Å²) in [5.41, 5.74) is 2.99. The summed E-state index contributed by atoms with van der Waals surface area (Å²) in [5, 5.41) is 2.97. The molecule has 1 N–H and O–H groups in total. The van der Waals surface area contributed by atoms with Gasteiger partial charge in [-0.05, 0) is 73.0 Å². The quantitative estimate of drug-likeness (QED) is 0.127. The molecule has 5 aromatic carbocycles. The number of carbonyl (C=O) groups excluding carboxylic acids is 2. The van der Waals surface area contributed by atoms with Crippen molar-refractivity contribution in [2.75, 3.05) is 17.4 Å². The summed E-state index contributed by atoms with van der Waals surface area (Å²) < 4.78 is 35.5. The molecule has 5 rings (SSSR count). The first kappa shape index (κ1) is 34.9. The molecule has 2 amide bonds. The number of anilines is 1. The lowest BCUT2D eigenvalue weighted by atomic mass is 10.0. The maximum Gasteiger partial charge on any atom is 0.264 e. The molecular weight excluding hydrogens is 635 g/mol. The van der Waals surface area contributed by atoms with E-state index < -0.39 is 28.5 Å². The van der Waals surface area contributed by atoms with E-state index in [1.807, 2.05) is 98.8 Å². The average Bonchev–Trinajstić information content (AvgIpc) is 3.12. The molecule has 9 heteroatoms. The molecule has 252 valence electrons. The summed E-state index contributed by atoms with van der Waals surface area (Å²) in [7, 11) is -4.21. The molecule has 0 saturated carbocycles. The van der Waals surface area contributed by atoms with Gasteiger partial charge < -0.3 is 15.0 Å². The summed E-state index contributed by atoms with van der Waals surface area (Å²) in [6, 6.07) is 40.2. The van der Waals surface area contributed by atoms with Gasteiger partial charge in [0.15, 0.2) is 0 Å². The third-order valence-electron chi connectivity index (χ3n) is 7.97. The molecule has 0 bridgehead atoms. The Hall–Kier alpha value is -5.41. The fourth-order valence-corrected chi connectivity index (χ4v) is 6.92. The van der Waals surface area contributed by atoms with Gasteiger partial charge in [-0.3, -0.25) is 13.9 Å². The lowest BCUT2D eigenvalue weighted by Gasteiger charge is -2.34. The fraction of sp³-hybridized carbons (Fsp3) is 0.200. The molecule has 1 atom stereocenters. The van der Waals surface area contributed by atoms with Crippen LogP contribution in [0.4, 0.5) is 5.69 Å². The van der Waals surface area contributed by atoms with Crippen LogP contribution in [0.2, 0.25) is 0 Å². The third-order valence-corrected chi connectivity index (χ3v) is 9.76. The highest BCUT2D eigenvalue weighted by Crippen LogP contribution is 2.29. The standard InChI is InChI=1S/C40H41N3O5S/c1-3-26-41-40(45)38(28-32-15-7-4-8-16-32)42(29-33-17-13-14-31(2)27-33)39(44)30-43(49(46,47)37-20-11-6-12-21-37)34-22-24-36(25-23-34)48-35-18-9-5-10-19-35/h4-25,27,38H,3,26,28-30H2,1-2H3,(H,41,45). The number of nitrogens with one attached hydrogen (secondary N) is 1. The maximum absolute atomic E-state index is 14.6. The maximum atomic E-state index is 14.6. The minimum absolute atomic E-state index is 0.0409. The number of sulfonamides is 1. The Morgan fingerprint density at radius 2 is 1.33 bits per heavy atom. The number of carbonyl (C=O) groups is 2. The van der Waals surface area contributed by atoms with Gasteiger partial charge in [0.1, 0.15) is 24.1 Å². The largest absolute Gasteiger partial charge is 0.457 e. The van der Waals surface area contributed by atoms with E-state index in [4.69, 9.17) is 4.74 Å². The van der Waals surface area contributed by atoms with Crippen molar-refractivity contribution in [2.24, 2.45) is 0 Å². The number of nitrogens with zero attached hydrogens (tertiary/aromatic N) is 2.